The molecule has 1 aliphatic rings. The lowest BCUT2D eigenvalue weighted by Gasteiger charge is -2.29. The van der Waals surface area contributed by atoms with E-state index in [-0.39, 0.29) is 0 Å². The minimum atomic E-state index is -0.418. The molecule has 0 aliphatic carbocycles. The molecule has 0 N–H and O–H groups in total. The fraction of sp³-hybridized carbons (Fsp3) is 0.357. The Hall–Kier alpha value is -1.65. The Balaban J connectivity index is 2.32. The van der Waals surface area contributed by atoms with Crippen molar-refractivity contribution >= 4 is 11.9 Å². The number of hydrogen-bond donors (Lipinski definition) is 0. The van der Waals surface area contributed by atoms with E-state index < -0.39 is 6.41 Å². The van der Waals surface area contributed by atoms with E-state index in [2.05, 4.69) is 4.99 Å². The van der Waals surface area contributed by atoms with Crippen LogP contribution < -0.4 is 4.90 Å². The maximum absolute atomic E-state index is 5.63. The van der Waals surface area contributed by atoms with Gasteiger partial charge in [0.25, 0.3) is 0 Å². The van der Waals surface area contributed by atoms with Gasteiger partial charge in [-0.2, -0.15) is 0 Å². The van der Waals surface area contributed by atoms with Gasteiger partial charge in [0.05, 0.1) is 5.69 Å². The van der Waals surface area contributed by atoms with Crippen molar-refractivity contribution < 1.29 is 9.47 Å². The molecule has 1 aromatic rings. The van der Waals surface area contributed by atoms with Gasteiger partial charge >= 0.3 is 0 Å². The normalized spacial score (nSPS) is 13.8. The lowest BCUT2D eigenvalue weighted by atomic mass is 10.2. The second-order valence-electron chi connectivity index (χ2n) is 3.76. The lowest BCUT2D eigenvalue weighted by molar-refractivity contribution is -0.131. The van der Waals surface area contributed by atoms with Crippen LogP contribution in [0.2, 0.25) is 0 Å². The Morgan fingerprint density at radius 3 is 2.61 bits per heavy atom. The van der Waals surface area contributed by atoms with Crippen LogP contribution in [0, 0.1) is 0 Å². The smallest absolute Gasteiger partial charge is 0.244 e. The monoisotopic (exact) mass is 246 g/mol. The molecule has 0 unspecified atom stereocenters. The zero-order chi connectivity index (χ0) is 12.8. The van der Waals surface area contributed by atoms with Gasteiger partial charge in [0, 0.05) is 37.4 Å². The van der Waals surface area contributed by atoms with Gasteiger partial charge in [0.2, 0.25) is 6.41 Å². The van der Waals surface area contributed by atoms with E-state index in [0.29, 0.717) is 13.2 Å². The quantitative estimate of drug-likeness (QED) is 0.749. The molecule has 4 heteroatoms. The van der Waals surface area contributed by atoms with Gasteiger partial charge in [-0.15, -0.1) is 0 Å². The average Bonchev–Trinajstić information content (AvgIpc) is 2.61. The van der Waals surface area contributed by atoms with Gasteiger partial charge in [-0.1, -0.05) is 18.2 Å². The van der Waals surface area contributed by atoms with Crippen LogP contribution in [0.15, 0.2) is 41.7 Å². The molecule has 0 atom stereocenters. The first-order valence-corrected chi connectivity index (χ1v) is 6.17. The fourth-order valence-corrected chi connectivity index (χ4v) is 1.82. The van der Waals surface area contributed by atoms with E-state index in [1.165, 1.54) is 0 Å². The average molecular weight is 246 g/mol. The molecule has 0 bridgehead atoms. The van der Waals surface area contributed by atoms with E-state index in [9.17, 15) is 0 Å². The zero-order valence-electron chi connectivity index (χ0n) is 10.7. The summed E-state index contributed by atoms with van der Waals surface area (Å²) in [7, 11) is 0. The largest absolute Gasteiger partial charge is 0.335 e. The number of para-hydroxylation sites is 1. The highest BCUT2D eigenvalue weighted by Crippen LogP contribution is 2.24. The Morgan fingerprint density at radius 1 is 1.17 bits per heavy atom. The summed E-state index contributed by atoms with van der Waals surface area (Å²) in [5, 5.41) is 0. The third-order valence-corrected chi connectivity index (χ3v) is 2.59. The van der Waals surface area contributed by atoms with E-state index in [1.807, 2.05) is 55.4 Å². The van der Waals surface area contributed by atoms with Gasteiger partial charge in [0.15, 0.2) is 0 Å². The maximum Gasteiger partial charge on any atom is 0.244 e. The highest BCUT2D eigenvalue weighted by molar-refractivity contribution is 5.89. The number of ether oxygens (including phenoxy) is 2. The second-order valence-corrected chi connectivity index (χ2v) is 3.76. The number of aliphatic imine (C=N–C) groups is 1. The molecule has 0 fully saturated rings. The van der Waals surface area contributed by atoms with E-state index in [4.69, 9.17) is 9.47 Å². The summed E-state index contributed by atoms with van der Waals surface area (Å²) >= 11 is 0. The van der Waals surface area contributed by atoms with Crippen molar-refractivity contribution in [3.05, 3.63) is 42.2 Å². The molecule has 0 saturated heterocycles. The molecule has 1 aliphatic heterocycles. The van der Waals surface area contributed by atoms with Crippen molar-refractivity contribution in [2.75, 3.05) is 18.1 Å². The SMILES string of the molecule is CCOC(OCC)N1C=CN=Cc2ccccc21. The van der Waals surface area contributed by atoms with Crippen molar-refractivity contribution in [2.45, 2.75) is 20.3 Å². The third-order valence-electron chi connectivity index (χ3n) is 2.59. The minimum absolute atomic E-state index is 0.418. The highest BCUT2D eigenvalue weighted by atomic mass is 16.7. The number of nitrogens with zero attached hydrogens (tertiary/aromatic N) is 2. The van der Waals surface area contributed by atoms with Crippen molar-refractivity contribution in [1.29, 1.82) is 0 Å². The van der Waals surface area contributed by atoms with Crippen molar-refractivity contribution in [3.63, 3.8) is 0 Å². The first-order chi connectivity index (χ1) is 8.86. The minimum Gasteiger partial charge on any atom is -0.335 e. The lowest BCUT2D eigenvalue weighted by Crippen LogP contribution is -2.36. The Labute approximate surface area is 108 Å². The van der Waals surface area contributed by atoms with Crippen LogP contribution in [0.1, 0.15) is 19.4 Å². The summed E-state index contributed by atoms with van der Waals surface area (Å²) in [6.07, 6.45) is 5.03. The van der Waals surface area contributed by atoms with Gasteiger partial charge < -0.3 is 9.47 Å². The van der Waals surface area contributed by atoms with Gasteiger partial charge in [-0.05, 0) is 19.9 Å². The molecule has 0 radical (unpaired) electrons. The molecule has 0 amide bonds. The van der Waals surface area contributed by atoms with E-state index in [0.717, 1.165) is 11.3 Å². The van der Waals surface area contributed by atoms with E-state index >= 15 is 0 Å². The molecule has 0 saturated carbocycles. The number of benzene rings is 1. The molecule has 0 spiro atoms. The molecule has 96 valence electrons. The van der Waals surface area contributed by atoms with Gasteiger partial charge in [0.1, 0.15) is 0 Å². The summed E-state index contributed by atoms with van der Waals surface area (Å²) < 4.78 is 11.3. The second kappa shape index (κ2) is 6.33. The predicted molar refractivity (Wildman–Crippen MR) is 72.7 cm³/mol. The molecule has 1 aromatic carbocycles. The van der Waals surface area contributed by atoms with Crippen LogP contribution in [0.4, 0.5) is 5.69 Å². The van der Waals surface area contributed by atoms with Crippen molar-refractivity contribution in [2.24, 2.45) is 4.99 Å². The molecule has 4 nitrogen and oxygen atoms in total. The first kappa shape index (κ1) is 12.8. The molecular weight excluding hydrogens is 228 g/mol. The number of anilines is 1. The van der Waals surface area contributed by atoms with Gasteiger partial charge in [-0.3, -0.25) is 9.89 Å². The Bertz CT molecular complexity index is 437. The Morgan fingerprint density at radius 2 is 1.89 bits per heavy atom. The van der Waals surface area contributed by atoms with Crippen molar-refractivity contribution in [3.8, 4) is 0 Å². The van der Waals surface area contributed by atoms with E-state index in [1.54, 1.807) is 6.20 Å². The molecule has 2 rings (SSSR count). The first-order valence-electron chi connectivity index (χ1n) is 6.17. The summed E-state index contributed by atoms with van der Waals surface area (Å²) in [6, 6.07) is 8.04. The van der Waals surface area contributed by atoms with Crippen LogP contribution in [-0.4, -0.2) is 25.8 Å². The number of rotatable bonds is 5. The molecule has 18 heavy (non-hydrogen) atoms. The summed E-state index contributed by atoms with van der Waals surface area (Å²) in [6.45, 7) is 5.10. The standard InChI is InChI=1S/C14H18N2O2/c1-3-17-14(18-4-2)16-10-9-15-11-12-7-5-6-8-13(12)16/h5-11,14H,3-4H2,1-2H3. The maximum atomic E-state index is 5.63. The van der Waals surface area contributed by atoms with Crippen LogP contribution >= 0.6 is 0 Å². The molecule has 0 aromatic heterocycles. The third kappa shape index (κ3) is 2.78. The van der Waals surface area contributed by atoms with Crippen LogP contribution in [0.5, 0.6) is 0 Å². The van der Waals surface area contributed by atoms with Crippen molar-refractivity contribution in [1.82, 2.24) is 0 Å². The van der Waals surface area contributed by atoms with Crippen LogP contribution in [0.25, 0.3) is 0 Å². The number of hydrogen-bond acceptors (Lipinski definition) is 4. The summed E-state index contributed by atoms with van der Waals surface area (Å²) in [5.41, 5.74) is 2.08. The molecular formula is C14H18N2O2. The Kier molecular flexibility index (Phi) is 4.50. The van der Waals surface area contributed by atoms with Crippen LogP contribution in [-0.2, 0) is 9.47 Å². The fourth-order valence-electron chi connectivity index (χ4n) is 1.82. The number of fused-ring (bicyclic) bond motifs is 1. The predicted octanol–water partition coefficient (Wildman–Crippen LogP) is 2.75. The zero-order valence-corrected chi connectivity index (χ0v) is 10.7. The topological polar surface area (TPSA) is 34.1 Å². The summed E-state index contributed by atoms with van der Waals surface area (Å²) in [5.74, 6) is 0. The van der Waals surface area contributed by atoms with Gasteiger partial charge in [-0.25, -0.2) is 0 Å². The highest BCUT2D eigenvalue weighted by Gasteiger charge is 2.20. The molecule has 1 heterocycles. The summed E-state index contributed by atoms with van der Waals surface area (Å²) in [4.78, 5) is 6.16. The van der Waals surface area contributed by atoms with Crippen LogP contribution in [0.3, 0.4) is 0 Å².